The number of imidazole rings is 1. The van der Waals surface area contributed by atoms with E-state index in [2.05, 4.69) is 27.0 Å². The first-order chi connectivity index (χ1) is 8.20. The highest BCUT2D eigenvalue weighted by molar-refractivity contribution is 5.60. The van der Waals surface area contributed by atoms with Crippen molar-refractivity contribution in [3.63, 3.8) is 0 Å². The molecule has 0 aliphatic heterocycles. The molecule has 0 saturated heterocycles. The van der Waals surface area contributed by atoms with Gasteiger partial charge < -0.3 is 15.0 Å². The number of benzene rings is 1. The summed E-state index contributed by atoms with van der Waals surface area (Å²) in [7, 11) is 4.03. The molecular weight excluding hydrogens is 214 g/mol. The van der Waals surface area contributed by atoms with Crippen LogP contribution in [0.3, 0.4) is 0 Å². The zero-order valence-corrected chi connectivity index (χ0v) is 10.1. The predicted octanol–water partition coefficient (Wildman–Crippen LogP) is 1.68. The van der Waals surface area contributed by atoms with Crippen LogP contribution in [0.4, 0.5) is 5.69 Å². The summed E-state index contributed by atoms with van der Waals surface area (Å²) in [6.07, 6.45) is 2.38. The van der Waals surface area contributed by atoms with Gasteiger partial charge in [0, 0.05) is 50.3 Å². The van der Waals surface area contributed by atoms with E-state index in [-0.39, 0.29) is 6.61 Å². The highest BCUT2D eigenvalue weighted by Gasteiger charge is 2.03. The molecule has 0 fully saturated rings. The average Bonchev–Trinajstić information content (AvgIpc) is 2.78. The largest absolute Gasteiger partial charge is 0.396 e. The molecule has 4 nitrogen and oxygen atoms in total. The summed E-state index contributed by atoms with van der Waals surface area (Å²) in [5.74, 6) is 0.846. The highest BCUT2D eigenvalue weighted by Crippen LogP contribution is 2.19. The molecule has 17 heavy (non-hydrogen) atoms. The Hall–Kier alpha value is -1.81. The molecule has 1 heterocycles. The lowest BCUT2D eigenvalue weighted by Crippen LogP contribution is -2.07. The molecule has 2 rings (SSSR count). The van der Waals surface area contributed by atoms with Crippen molar-refractivity contribution in [3.05, 3.63) is 36.2 Å². The van der Waals surface area contributed by atoms with Gasteiger partial charge in [-0.05, 0) is 24.3 Å². The molecule has 90 valence electrons. The average molecular weight is 231 g/mol. The number of aromatic amines is 1. The van der Waals surface area contributed by atoms with E-state index in [0.717, 1.165) is 22.8 Å². The quantitative estimate of drug-likeness (QED) is 0.841. The standard InChI is InChI=1S/C13H17N3O/c1-16(2)12-5-3-10(4-6-12)13-14-9-11(15-13)7-8-17/h3-6,9,17H,7-8H2,1-2H3,(H,14,15). The van der Waals surface area contributed by atoms with Gasteiger partial charge in [0.25, 0.3) is 0 Å². The molecule has 4 heteroatoms. The summed E-state index contributed by atoms with van der Waals surface area (Å²) >= 11 is 0. The van der Waals surface area contributed by atoms with Gasteiger partial charge in [0.2, 0.25) is 0 Å². The lowest BCUT2D eigenvalue weighted by Gasteiger charge is -2.12. The highest BCUT2D eigenvalue weighted by atomic mass is 16.3. The van der Waals surface area contributed by atoms with Crippen molar-refractivity contribution in [3.8, 4) is 11.4 Å². The van der Waals surface area contributed by atoms with Gasteiger partial charge in [0.15, 0.2) is 0 Å². The smallest absolute Gasteiger partial charge is 0.137 e. The summed E-state index contributed by atoms with van der Waals surface area (Å²) in [6.45, 7) is 0.140. The maximum atomic E-state index is 8.84. The number of hydrogen-bond acceptors (Lipinski definition) is 3. The van der Waals surface area contributed by atoms with Crippen LogP contribution in [0.1, 0.15) is 5.69 Å². The van der Waals surface area contributed by atoms with Crippen LogP contribution in [-0.4, -0.2) is 35.8 Å². The Labute approximate surface area is 101 Å². The van der Waals surface area contributed by atoms with Crippen LogP contribution < -0.4 is 4.90 Å². The fraction of sp³-hybridized carbons (Fsp3) is 0.308. The van der Waals surface area contributed by atoms with Crippen molar-refractivity contribution >= 4 is 5.69 Å². The van der Waals surface area contributed by atoms with E-state index in [1.165, 1.54) is 0 Å². The molecule has 2 aromatic rings. The van der Waals surface area contributed by atoms with Gasteiger partial charge in [-0.3, -0.25) is 0 Å². The predicted molar refractivity (Wildman–Crippen MR) is 69.1 cm³/mol. The third kappa shape index (κ3) is 2.65. The molecule has 1 aromatic carbocycles. The zero-order chi connectivity index (χ0) is 12.3. The Bertz CT molecular complexity index is 474. The van der Waals surface area contributed by atoms with Gasteiger partial charge in [-0.25, -0.2) is 4.98 Å². The lowest BCUT2D eigenvalue weighted by molar-refractivity contribution is 0.298. The second kappa shape index (κ2) is 5.01. The van der Waals surface area contributed by atoms with Crippen LogP contribution in [0, 0.1) is 0 Å². The topological polar surface area (TPSA) is 52.1 Å². The molecule has 1 aromatic heterocycles. The number of rotatable bonds is 4. The number of aliphatic hydroxyl groups is 1. The molecule has 0 unspecified atom stereocenters. The molecule has 2 N–H and O–H groups in total. The van der Waals surface area contributed by atoms with Crippen molar-refractivity contribution in [2.45, 2.75) is 6.42 Å². The summed E-state index contributed by atoms with van der Waals surface area (Å²) in [5.41, 5.74) is 3.18. The monoisotopic (exact) mass is 231 g/mol. The van der Waals surface area contributed by atoms with Crippen molar-refractivity contribution in [2.24, 2.45) is 0 Å². The van der Waals surface area contributed by atoms with E-state index in [1.807, 2.05) is 26.2 Å². The van der Waals surface area contributed by atoms with Gasteiger partial charge in [0.1, 0.15) is 5.82 Å². The van der Waals surface area contributed by atoms with E-state index in [0.29, 0.717) is 6.42 Å². The molecule has 0 saturated carbocycles. The van der Waals surface area contributed by atoms with Crippen molar-refractivity contribution in [2.75, 3.05) is 25.6 Å². The van der Waals surface area contributed by atoms with Crippen LogP contribution >= 0.6 is 0 Å². The SMILES string of the molecule is CN(C)c1ccc(-c2ncc(CCO)[nH]2)cc1. The number of H-pyrrole nitrogens is 1. The molecule has 0 radical (unpaired) electrons. The molecule has 0 amide bonds. The number of anilines is 1. The molecule has 0 spiro atoms. The van der Waals surface area contributed by atoms with Crippen molar-refractivity contribution in [1.82, 2.24) is 9.97 Å². The Morgan fingerprint density at radius 3 is 2.53 bits per heavy atom. The van der Waals surface area contributed by atoms with Gasteiger partial charge in [0.05, 0.1) is 0 Å². The van der Waals surface area contributed by atoms with Crippen LogP contribution in [-0.2, 0) is 6.42 Å². The van der Waals surface area contributed by atoms with Crippen molar-refractivity contribution < 1.29 is 5.11 Å². The Balaban J connectivity index is 2.21. The normalized spacial score (nSPS) is 10.5. The van der Waals surface area contributed by atoms with E-state index in [9.17, 15) is 0 Å². The van der Waals surface area contributed by atoms with Gasteiger partial charge in [-0.1, -0.05) is 0 Å². The van der Waals surface area contributed by atoms with Crippen LogP contribution in [0.25, 0.3) is 11.4 Å². The second-order valence-corrected chi connectivity index (χ2v) is 4.17. The first kappa shape index (κ1) is 11.7. The fourth-order valence-electron chi connectivity index (χ4n) is 1.67. The van der Waals surface area contributed by atoms with Crippen LogP contribution in [0.15, 0.2) is 30.5 Å². The number of aromatic nitrogens is 2. The van der Waals surface area contributed by atoms with Gasteiger partial charge in [-0.2, -0.15) is 0 Å². The molecular formula is C13H17N3O. The minimum atomic E-state index is 0.140. The fourth-order valence-corrected chi connectivity index (χ4v) is 1.67. The summed E-state index contributed by atoms with van der Waals surface area (Å²) in [4.78, 5) is 9.55. The Morgan fingerprint density at radius 1 is 1.24 bits per heavy atom. The summed E-state index contributed by atoms with van der Waals surface area (Å²) in [6, 6.07) is 8.20. The Kier molecular flexibility index (Phi) is 3.44. The van der Waals surface area contributed by atoms with E-state index >= 15 is 0 Å². The van der Waals surface area contributed by atoms with Crippen LogP contribution in [0.5, 0.6) is 0 Å². The lowest BCUT2D eigenvalue weighted by atomic mass is 10.2. The van der Waals surface area contributed by atoms with E-state index in [1.54, 1.807) is 6.20 Å². The second-order valence-electron chi connectivity index (χ2n) is 4.17. The van der Waals surface area contributed by atoms with Gasteiger partial charge in [-0.15, -0.1) is 0 Å². The Morgan fingerprint density at radius 2 is 1.94 bits per heavy atom. The molecule has 0 bridgehead atoms. The zero-order valence-electron chi connectivity index (χ0n) is 10.1. The molecule has 0 atom stereocenters. The number of hydrogen-bond donors (Lipinski definition) is 2. The maximum absolute atomic E-state index is 8.84. The van der Waals surface area contributed by atoms with E-state index in [4.69, 9.17) is 5.11 Å². The van der Waals surface area contributed by atoms with Crippen molar-refractivity contribution in [1.29, 1.82) is 0 Å². The number of nitrogens with one attached hydrogen (secondary N) is 1. The maximum Gasteiger partial charge on any atom is 0.137 e. The number of nitrogens with zero attached hydrogens (tertiary/aromatic N) is 2. The van der Waals surface area contributed by atoms with E-state index < -0.39 is 0 Å². The molecule has 0 aliphatic rings. The molecule has 0 aliphatic carbocycles. The minimum absolute atomic E-state index is 0.140. The first-order valence-electron chi connectivity index (χ1n) is 5.63. The third-order valence-electron chi connectivity index (χ3n) is 2.67. The summed E-state index contributed by atoms with van der Waals surface area (Å²) in [5, 5.41) is 8.84. The van der Waals surface area contributed by atoms with Crippen LogP contribution in [0.2, 0.25) is 0 Å². The summed E-state index contributed by atoms with van der Waals surface area (Å²) < 4.78 is 0. The minimum Gasteiger partial charge on any atom is -0.396 e. The first-order valence-corrected chi connectivity index (χ1v) is 5.63. The van der Waals surface area contributed by atoms with Gasteiger partial charge >= 0.3 is 0 Å². The number of aliphatic hydroxyl groups excluding tert-OH is 1. The third-order valence-corrected chi connectivity index (χ3v) is 2.67.